The third-order valence-corrected chi connectivity index (χ3v) is 4.43. The Kier molecular flexibility index (Phi) is 3.83. The predicted molar refractivity (Wildman–Crippen MR) is 69.8 cm³/mol. The number of halogens is 1. The topological polar surface area (TPSA) is 63.4 Å². The van der Waals surface area contributed by atoms with Crippen LogP contribution in [0.5, 0.6) is 0 Å². The van der Waals surface area contributed by atoms with E-state index in [1.54, 1.807) is 11.0 Å². The highest BCUT2D eigenvalue weighted by Gasteiger charge is 2.27. The molecular weight excluding hydrogens is 304 g/mol. The molecule has 0 bridgehead atoms. The van der Waals surface area contributed by atoms with Gasteiger partial charge in [-0.3, -0.25) is 9.59 Å². The lowest BCUT2D eigenvalue weighted by molar-refractivity contribution is -0.123. The van der Waals surface area contributed by atoms with Crippen molar-refractivity contribution in [1.29, 1.82) is 0 Å². The summed E-state index contributed by atoms with van der Waals surface area (Å²) in [6.07, 6.45) is 1.62. The first-order valence-electron chi connectivity index (χ1n) is 5.40. The van der Waals surface area contributed by atoms with Crippen LogP contribution in [-0.2, 0) is 4.79 Å². The van der Waals surface area contributed by atoms with E-state index in [9.17, 15) is 9.59 Å². The number of primary amides is 1. The zero-order valence-electron chi connectivity index (χ0n) is 9.19. The molecule has 0 aromatic carbocycles. The SMILES string of the molecule is NC(=O)[C@@H]1CCCN(C(=O)c2csc(Br)c2)C1. The van der Waals surface area contributed by atoms with Gasteiger partial charge in [-0.15, -0.1) is 11.3 Å². The normalized spacial score (nSPS) is 20.3. The molecule has 0 radical (unpaired) electrons. The molecule has 4 nitrogen and oxygen atoms in total. The third-order valence-electron chi connectivity index (χ3n) is 2.93. The second kappa shape index (κ2) is 5.18. The zero-order chi connectivity index (χ0) is 12.4. The van der Waals surface area contributed by atoms with Gasteiger partial charge >= 0.3 is 0 Å². The number of carbonyl (C=O) groups is 2. The monoisotopic (exact) mass is 316 g/mol. The Morgan fingerprint density at radius 1 is 1.53 bits per heavy atom. The summed E-state index contributed by atoms with van der Waals surface area (Å²) in [5, 5.41) is 1.82. The van der Waals surface area contributed by atoms with Crippen LogP contribution >= 0.6 is 27.3 Å². The largest absolute Gasteiger partial charge is 0.369 e. The van der Waals surface area contributed by atoms with Crippen LogP contribution < -0.4 is 5.73 Å². The molecule has 0 unspecified atom stereocenters. The van der Waals surface area contributed by atoms with Crippen molar-refractivity contribution >= 4 is 39.1 Å². The van der Waals surface area contributed by atoms with Crippen molar-refractivity contribution < 1.29 is 9.59 Å². The van der Waals surface area contributed by atoms with Gasteiger partial charge in [0.2, 0.25) is 5.91 Å². The molecule has 1 aliphatic heterocycles. The molecule has 1 aliphatic rings. The summed E-state index contributed by atoms with van der Waals surface area (Å²) in [6, 6.07) is 1.81. The Morgan fingerprint density at radius 3 is 2.88 bits per heavy atom. The van der Waals surface area contributed by atoms with E-state index in [4.69, 9.17) is 5.73 Å². The summed E-state index contributed by atoms with van der Waals surface area (Å²) in [5.74, 6) is -0.526. The van der Waals surface area contributed by atoms with Crippen molar-refractivity contribution in [2.45, 2.75) is 12.8 Å². The van der Waals surface area contributed by atoms with Crippen LogP contribution in [0, 0.1) is 5.92 Å². The van der Waals surface area contributed by atoms with Gasteiger partial charge in [0, 0.05) is 18.5 Å². The molecule has 2 amide bonds. The number of nitrogens with two attached hydrogens (primary N) is 1. The Hall–Kier alpha value is -0.880. The van der Waals surface area contributed by atoms with Crippen molar-refractivity contribution in [2.75, 3.05) is 13.1 Å². The molecule has 2 heterocycles. The van der Waals surface area contributed by atoms with Crippen LogP contribution in [0.1, 0.15) is 23.2 Å². The number of nitrogens with zero attached hydrogens (tertiary/aromatic N) is 1. The number of thiophene rings is 1. The summed E-state index contributed by atoms with van der Waals surface area (Å²) in [6.45, 7) is 1.15. The molecule has 1 aromatic heterocycles. The van der Waals surface area contributed by atoms with E-state index < -0.39 is 0 Å². The minimum absolute atomic E-state index is 0.0158. The second-order valence-electron chi connectivity index (χ2n) is 4.13. The van der Waals surface area contributed by atoms with Crippen LogP contribution in [0.4, 0.5) is 0 Å². The first-order valence-corrected chi connectivity index (χ1v) is 7.08. The van der Waals surface area contributed by atoms with Gasteiger partial charge in [0.05, 0.1) is 15.3 Å². The average molecular weight is 317 g/mol. The maximum atomic E-state index is 12.1. The summed E-state index contributed by atoms with van der Waals surface area (Å²) in [7, 11) is 0. The van der Waals surface area contributed by atoms with Crippen molar-refractivity contribution in [3.63, 3.8) is 0 Å². The lowest BCUT2D eigenvalue weighted by Crippen LogP contribution is -2.44. The number of amides is 2. The van der Waals surface area contributed by atoms with Gasteiger partial charge in [0.15, 0.2) is 0 Å². The van der Waals surface area contributed by atoms with E-state index in [0.29, 0.717) is 18.7 Å². The Labute approximate surface area is 112 Å². The number of likely N-dealkylation sites (tertiary alicyclic amines) is 1. The van der Waals surface area contributed by atoms with Crippen LogP contribution in [0.15, 0.2) is 15.2 Å². The van der Waals surface area contributed by atoms with Crippen molar-refractivity contribution in [1.82, 2.24) is 4.90 Å². The maximum Gasteiger partial charge on any atom is 0.254 e. The molecule has 17 heavy (non-hydrogen) atoms. The van der Waals surface area contributed by atoms with Gasteiger partial charge in [0.1, 0.15) is 0 Å². The van der Waals surface area contributed by atoms with E-state index in [2.05, 4.69) is 15.9 Å². The van der Waals surface area contributed by atoms with E-state index in [1.165, 1.54) is 11.3 Å². The molecule has 0 spiro atoms. The quantitative estimate of drug-likeness (QED) is 0.905. The van der Waals surface area contributed by atoms with Gasteiger partial charge in [0.25, 0.3) is 5.91 Å². The van der Waals surface area contributed by atoms with Gasteiger partial charge in [-0.25, -0.2) is 0 Å². The summed E-state index contributed by atoms with van der Waals surface area (Å²) in [5.41, 5.74) is 5.96. The van der Waals surface area contributed by atoms with Gasteiger partial charge in [-0.05, 0) is 34.8 Å². The molecule has 1 saturated heterocycles. The average Bonchev–Trinajstić information content (AvgIpc) is 2.75. The van der Waals surface area contributed by atoms with Crippen LogP contribution in [0.2, 0.25) is 0 Å². The Morgan fingerprint density at radius 2 is 2.29 bits per heavy atom. The van der Waals surface area contributed by atoms with Gasteiger partial charge < -0.3 is 10.6 Å². The molecule has 1 atom stereocenters. The minimum Gasteiger partial charge on any atom is -0.369 e. The van der Waals surface area contributed by atoms with Crippen LogP contribution in [0.25, 0.3) is 0 Å². The third kappa shape index (κ3) is 2.87. The van der Waals surface area contributed by atoms with Crippen LogP contribution in [0.3, 0.4) is 0 Å². The molecule has 92 valence electrons. The first kappa shape index (κ1) is 12.6. The number of carbonyl (C=O) groups excluding carboxylic acids is 2. The fourth-order valence-corrected chi connectivity index (χ4v) is 3.13. The fourth-order valence-electron chi connectivity index (χ4n) is 2.00. The highest BCUT2D eigenvalue weighted by molar-refractivity contribution is 9.11. The van der Waals surface area contributed by atoms with E-state index in [-0.39, 0.29) is 17.7 Å². The maximum absolute atomic E-state index is 12.1. The fraction of sp³-hybridized carbons (Fsp3) is 0.455. The molecule has 6 heteroatoms. The van der Waals surface area contributed by atoms with Crippen molar-refractivity contribution in [2.24, 2.45) is 11.7 Å². The second-order valence-corrected chi connectivity index (χ2v) is 6.42. The highest BCUT2D eigenvalue weighted by Crippen LogP contribution is 2.24. The molecule has 0 saturated carbocycles. The lowest BCUT2D eigenvalue weighted by atomic mass is 9.97. The standard InChI is InChI=1S/C11H13BrN2O2S/c12-9-4-8(6-17-9)11(16)14-3-1-2-7(5-14)10(13)15/h4,6-7H,1-3,5H2,(H2,13,15)/t7-/m1/s1. The molecule has 2 N–H and O–H groups in total. The summed E-state index contributed by atoms with van der Waals surface area (Å²) < 4.78 is 0.935. The molecule has 1 aromatic rings. The number of piperidine rings is 1. The van der Waals surface area contributed by atoms with Crippen molar-refractivity contribution in [3.8, 4) is 0 Å². The number of hydrogen-bond acceptors (Lipinski definition) is 3. The predicted octanol–water partition coefficient (Wildman–Crippen LogP) is 1.85. The summed E-state index contributed by atoms with van der Waals surface area (Å²) >= 11 is 4.81. The molecule has 1 fully saturated rings. The Bertz CT molecular complexity index is 446. The number of rotatable bonds is 2. The first-order chi connectivity index (χ1) is 8.08. The minimum atomic E-state index is -0.311. The van der Waals surface area contributed by atoms with Gasteiger partial charge in [-0.2, -0.15) is 0 Å². The molecule has 0 aliphatic carbocycles. The number of hydrogen-bond donors (Lipinski definition) is 1. The lowest BCUT2D eigenvalue weighted by Gasteiger charge is -2.31. The van der Waals surface area contributed by atoms with Crippen molar-refractivity contribution in [3.05, 3.63) is 20.8 Å². The Balaban J connectivity index is 2.07. The van der Waals surface area contributed by atoms with E-state index >= 15 is 0 Å². The molecular formula is C11H13BrN2O2S. The van der Waals surface area contributed by atoms with Gasteiger partial charge in [-0.1, -0.05) is 0 Å². The van der Waals surface area contributed by atoms with E-state index in [0.717, 1.165) is 16.6 Å². The molecule has 2 rings (SSSR count). The zero-order valence-corrected chi connectivity index (χ0v) is 11.6. The smallest absolute Gasteiger partial charge is 0.254 e. The summed E-state index contributed by atoms with van der Waals surface area (Å²) in [4.78, 5) is 25.0. The van der Waals surface area contributed by atoms with E-state index in [1.807, 2.05) is 5.38 Å². The van der Waals surface area contributed by atoms with Crippen LogP contribution in [-0.4, -0.2) is 29.8 Å². The highest BCUT2D eigenvalue weighted by atomic mass is 79.9.